The molecule has 116 valence electrons. The van der Waals surface area contributed by atoms with Crippen molar-refractivity contribution in [3.8, 4) is 0 Å². The van der Waals surface area contributed by atoms with Crippen molar-refractivity contribution >= 4 is 21.6 Å². The third-order valence-corrected chi connectivity index (χ3v) is 5.40. The maximum Gasteiger partial charge on any atom is 0.0413 e. The van der Waals surface area contributed by atoms with Gasteiger partial charge in [-0.1, -0.05) is 28.8 Å². The SMILES string of the molecule is CNCc1cc(Br)ccc1N1CCN(C2CCCC2)CC1. The summed E-state index contributed by atoms with van der Waals surface area (Å²) < 4.78 is 1.17. The van der Waals surface area contributed by atoms with Gasteiger partial charge in [-0.25, -0.2) is 0 Å². The van der Waals surface area contributed by atoms with Crippen molar-refractivity contribution in [2.75, 3.05) is 38.1 Å². The van der Waals surface area contributed by atoms with E-state index in [4.69, 9.17) is 0 Å². The fourth-order valence-corrected chi connectivity index (χ4v) is 4.20. The van der Waals surface area contributed by atoms with Crippen LogP contribution >= 0.6 is 15.9 Å². The molecule has 1 N–H and O–H groups in total. The number of anilines is 1. The van der Waals surface area contributed by atoms with Crippen LogP contribution in [0.15, 0.2) is 22.7 Å². The molecule has 1 aromatic carbocycles. The van der Waals surface area contributed by atoms with E-state index in [1.54, 1.807) is 0 Å². The van der Waals surface area contributed by atoms with Gasteiger partial charge in [0.1, 0.15) is 0 Å². The molecule has 0 amide bonds. The van der Waals surface area contributed by atoms with Gasteiger partial charge in [0.05, 0.1) is 0 Å². The van der Waals surface area contributed by atoms with Gasteiger partial charge in [-0.3, -0.25) is 4.90 Å². The Balaban J connectivity index is 1.66. The number of piperazine rings is 1. The van der Waals surface area contributed by atoms with Crippen molar-refractivity contribution in [2.45, 2.75) is 38.3 Å². The van der Waals surface area contributed by atoms with Gasteiger partial charge < -0.3 is 10.2 Å². The zero-order valence-corrected chi connectivity index (χ0v) is 14.5. The topological polar surface area (TPSA) is 18.5 Å². The Labute approximate surface area is 136 Å². The van der Waals surface area contributed by atoms with Crippen molar-refractivity contribution in [3.05, 3.63) is 28.2 Å². The first-order valence-corrected chi connectivity index (χ1v) is 8.99. The van der Waals surface area contributed by atoms with Gasteiger partial charge in [0.25, 0.3) is 0 Å². The average molecular weight is 352 g/mol. The molecule has 1 aliphatic carbocycles. The lowest BCUT2D eigenvalue weighted by atomic mass is 10.1. The summed E-state index contributed by atoms with van der Waals surface area (Å²) >= 11 is 3.59. The molecule has 1 aromatic rings. The Hall–Kier alpha value is -0.580. The second-order valence-electron chi connectivity index (χ2n) is 6.26. The normalized spacial score (nSPS) is 21.1. The lowest BCUT2D eigenvalue weighted by Crippen LogP contribution is -2.50. The van der Waals surface area contributed by atoms with Crippen molar-refractivity contribution < 1.29 is 0 Å². The number of hydrogen-bond donors (Lipinski definition) is 1. The summed E-state index contributed by atoms with van der Waals surface area (Å²) in [6.07, 6.45) is 5.71. The van der Waals surface area contributed by atoms with Crippen LogP contribution in [-0.2, 0) is 6.54 Å². The predicted octanol–water partition coefficient (Wildman–Crippen LogP) is 3.23. The van der Waals surface area contributed by atoms with E-state index < -0.39 is 0 Å². The fourth-order valence-electron chi connectivity index (χ4n) is 3.79. The van der Waals surface area contributed by atoms with Crippen LogP contribution in [0.5, 0.6) is 0 Å². The Morgan fingerprint density at radius 1 is 1.14 bits per heavy atom. The van der Waals surface area contributed by atoms with Crippen LogP contribution in [0.4, 0.5) is 5.69 Å². The second kappa shape index (κ2) is 7.12. The van der Waals surface area contributed by atoms with Crippen LogP contribution in [0.1, 0.15) is 31.2 Å². The highest BCUT2D eigenvalue weighted by Gasteiger charge is 2.26. The van der Waals surface area contributed by atoms with Gasteiger partial charge in [0.15, 0.2) is 0 Å². The molecule has 0 radical (unpaired) electrons. The predicted molar refractivity (Wildman–Crippen MR) is 92.9 cm³/mol. The Morgan fingerprint density at radius 2 is 1.86 bits per heavy atom. The summed E-state index contributed by atoms with van der Waals surface area (Å²) in [6.45, 7) is 5.70. The van der Waals surface area contributed by atoms with E-state index in [-0.39, 0.29) is 0 Å². The second-order valence-corrected chi connectivity index (χ2v) is 7.18. The molecule has 2 aliphatic rings. The van der Waals surface area contributed by atoms with E-state index in [0.717, 1.165) is 25.7 Å². The van der Waals surface area contributed by atoms with Crippen LogP contribution in [0.3, 0.4) is 0 Å². The molecule has 0 atom stereocenters. The molecular formula is C17H26BrN3. The van der Waals surface area contributed by atoms with Gasteiger partial charge in [-0.05, 0) is 43.7 Å². The molecule has 0 spiro atoms. The third-order valence-electron chi connectivity index (χ3n) is 4.90. The Kier molecular flexibility index (Phi) is 5.19. The fraction of sp³-hybridized carbons (Fsp3) is 0.647. The van der Waals surface area contributed by atoms with E-state index in [2.05, 4.69) is 49.2 Å². The monoisotopic (exact) mass is 351 g/mol. The van der Waals surface area contributed by atoms with Gasteiger partial charge in [-0.15, -0.1) is 0 Å². The van der Waals surface area contributed by atoms with E-state index >= 15 is 0 Å². The maximum absolute atomic E-state index is 3.59. The lowest BCUT2D eigenvalue weighted by Gasteiger charge is -2.39. The zero-order chi connectivity index (χ0) is 14.7. The Bertz CT molecular complexity index is 463. The van der Waals surface area contributed by atoms with Gasteiger partial charge in [-0.2, -0.15) is 0 Å². The molecule has 1 aliphatic heterocycles. The number of halogens is 1. The average Bonchev–Trinajstić information content (AvgIpc) is 3.02. The van der Waals surface area contributed by atoms with Crippen molar-refractivity contribution in [2.24, 2.45) is 0 Å². The smallest absolute Gasteiger partial charge is 0.0413 e. The van der Waals surface area contributed by atoms with Gasteiger partial charge in [0.2, 0.25) is 0 Å². The van der Waals surface area contributed by atoms with E-state index in [0.29, 0.717) is 0 Å². The molecule has 1 heterocycles. The zero-order valence-electron chi connectivity index (χ0n) is 12.9. The number of benzene rings is 1. The molecule has 3 nitrogen and oxygen atoms in total. The minimum absolute atomic E-state index is 0.869. The molecule has 1 saturated heterocycles. The molecule has 0 aromatic heterocycles. The standard InChI is InChI=1S/C17H26BrN3/c1-19-13-14-12-15(18)6-7-17(14)21-10-8-20(9-11-21)16-4-2-3-5-16/h6-7,12,16,19H,2-5,8-11,13H2,1H3. The van der Waals surface area contributed by atoms with E-state index in [1.165, 1.54) is 54.5 Å². The van der Waals surface area contributed by atoms with Crippen LogP contribution in [-0.4, -0.2) is 44.2 Å². The summed E-state index contributed by atoms with van der Waals surface area (Å²) in [6, 6.07) is 7.54. The van der Waals surface area contributed by atoms with Crippen LogP contribution in [0, 0.1) is 0 Å². The number of rotatable bonds is 4. The van der Waals surface area contributed by atoms with E-state index in [1.807, 2.05) is 7.05 Å². The summed E-state index contributed by atoms with van der Waals surface area (Å²) in [5.74, 6) is 0. The minimum atomic E-state index is 0.869. The highest BCUT2D eigenvalue weighted by Crippen LogP contribution is 2.28. The number of hydrogen-bond acceptors (Lipinski definition) is 3. The van der Waals surface area contributed by atoms with Crippen molar-refractivity contribution in [1.82, 2.24) is 10.2 Å². The summed E-state index contributed by atoms with van der Waals surface area (Å²) in [5.41, 5.74) is 2.79. The van der Waals surface area contributed by atoms with Crippen molar-refractivity contribution in [1.29, 1.82) is 0 Å². The first-order chi connectivity index (χ1) is 10.3. The van der Waals surface area contributed by atoms with Crippen LogP contribution in [0.2, 0.25) is 0 Å². The maximum atomic E-state index is 3.59. The molecular weight excluding hydrogens is 326 g/mol. The molecule has 1 saturated carbocycles. The Morgan fingerprint density at radius 3 is 2.52 bits per heavy atom. The number of nitrogens with one attached hydrogen (secondary N) is 1. The summed E-state index contributed by atoms with van der Waals surface area (Å²) in [5, 5.41) is 3.29. The van der Waals surface area contributed by atoms with Gasteiger partial charge in [0, 0.05) is 48.9 Å². The molecule has 3 rings (SSSR count). The summed E-state index contributed by atoms with van der Waals surface area (Å²) in [4.78, 5) is 5.28. The van der Waals surface area contributed by atoms with Gasteiger partial charge >= 0.3 is 0 Å². The quantitative estimate of drug-likeness (QED) is 0.898. The highest BCUT2D eigenvalue weighted by molar-refractivity contribution is 9.10. The van der Waals surface area contributed by atoms with Crippen molar-refractivity contribution in [3.63, 3.8) is 0 Å². The molecule has 0 unspecified atom stereocenters. The number of nitrogens with zero attached hydrogens (tertiary/aromatic N) is 2. The van der Waals surface area contributed by atoms with E-state index in [9.17, 15) is 0 Å². The molecule has 2 fully saturated rings. The third kappa shape index (κ3) is 3.61. The van der Waals surface area contributed by atoms with Crippen LogP contribution in [0.25, 0.3) is 0 Å². The first kappa shape index (κ1) is 15.3. The van der Waals surface area contributed by atoms with Crippen LogP contribution < -0.4 is 10.2 Å². The minimum Gasteiger partial charge on any atom is -0.369 e. The first-order valence-electron chi connectivity index (χ1n) is 8.20. The summed E-state index contributed by atoms with van der Waals surface area (Å²) in [7, 11) is 2.02. The molecule has 21 heavy (non-hydrogen) atoms. The highest BCUT2D eigenvalue weighted by atomic mass is 79.9. The molecule has 0 bridgehead atoms. The largest absolute Gasteiger partial charge is 0.369 e. The molecule has 4 heteroatoms. The lowest BCUT2D eigenvalue weighted by molar-refractivity contribution is 0.187.